The number of oxime groups is 1. The second-order valence-corrected chi connectivity index (χ2v) is 13.3. The first-order valence-corrected chi connectivity index (χ1v) is 14.7. The van der Waals surface area contributed by atoms with Crippen LogP contribution in [0.2, 0.25) is 5.02 Å². The summed E-state index contributed by atoms with van der Waals surface area (Å²) in [6.45, 7) is 9.81. The highest BCUT2D eigenvalue weighted by molar-refractivity contribution is 6.31. The highest BCUT2D eigenvalue weighted by atomic mass is 35.5. The number of likely N-dealkylation sites (tertiary alicyclic amines) is 1. The maximum absolute atomic E-state index is 14.3. The number of carbonyl (C=O) groups excluding carboxylic acids is 3. The summed E-state index contributed by atoms with van der Waals surface area (Å²) in [6, 6.07) is 4.97. The summed E-state index contributed by atoms with van der Waals surface area (Å²) >= 11 is 6.18. The minimum absolute atomic E-state index is 0.0117. The lowest BCUT2D eigenvalue weighted by atomic mass is 9.85. The number of hydrogen-bond acceptors (Lipinski definition) is 8. The number of carboxylic acid groups (broad SMARTS) is 1. The summed E-state index contributed by atoms with van der Waals surface area (Å²) in [6.07, 6.45) is 1.43. The zero-order valence-corrected chi connectivity index (χ0v) is 25.2. The van der Waals surface area contributed by atoms with Gasteiger partial charge in [0.15, 0.2) is 5.60 Å². The van der Waals surface area contributed by atoms with E-state index < -0.39 is 64.5 Å². The van der Waals surface area contributed by atoms with E-state index in [-0.39, 0.29) is 32.4 Å². The number of nitrogens with one attached hydrogen (secondary N) is 2. The van der Waals surface area contributed by atoms with Crippen LogP contribution in [-0.2, 0) is 28.7 Å². The standard InChI is InChI=1S/C30H37ClN4O8/c1-5-18-12-30(18,26(38)39)33-24(36)22-14-29(13-21(34-43-29)17-7-6-8-19(31)11-17)16-35(22)25(37)23(28(2,3)4)32-27(40)42-20-9-10-41-15-20/h5-8,11,18,20,22-23H,1,9-10,12-16H2,2-4H3,(H,32,40)(H,33,36)(H,38,39)/t18-,20+,22+,23-,29-,30-/m1/s1. The molecule has 0 unspecified atom stereocenters. The van der Waals surface area contributed by atoms with Crippen molar-refractivity contribution in [3.05, 3.63) is 47.5 Å². The van der Waals surface area contributed by atoms with Gasteiger partial charge in [-0.15, -0.1) is 6.58 Å². The largest absolute Gasteiger partial charge is 0.479 e. The molecule has 0 aromatic heterocycles. The fourth-order valence-electron chi connectivity index (χ4n) is 5.99. The first-order chi connectivity index (χ1) is 20.3. The first-order valence-electron chi connectivity index (χ1n) is 14.3. The molecule has 2 saturated heterocycles. The van der Waals surface area contributed by atoms with Crippen molar-refractivity contribution in [1.82, 2.24) is 15.5 Å². The highest BCUT2D eigenvalue weighted by Gasteiger charge is 2.62. The summed E-state index contributed by atoms with van der Waals surface area (Å²) < 4.78 is 10.7. The number of benzene rings is 1. The van der Waals surface area contributed by atoms with Crippen molar-refractivity contribution < 1.29 is 38.6 Å². The molecular formula is C30H37ClN4O8. The Morgan fingerprint density at radius 1 is 1.28 bits per heavy atom. The molecule has 3 N–H and O–H groups in total. The van der Waals surface area contributed by atoms with Crippen LogP contribution in [0.5, 0.6) is 0 Å². The van der Waals surface area contributed by atoms with Crippen LogP contribution in [0.3, 0.4) is 0 Å². The summed E-state index contributed by atoms with van der Waals surface area (Å²) in [7, 11) is 0. The van der Waals surface area contributed by atoms with E-state index in [4.69, 9.17) is 25.9 Å². The van der Waals surface area contributed by atoms with Crippen molar-refractivity contribution in [2.24, 2.45) is 16.5 Å². The molecule has 3 amide bonds. The number of carboxylic acids is 1. The Morgan fingerprint density at radius 2 is 2.05 bits per heavy atom. The molecule has 0 radical (unpaired) electrons. The van der Waals surface area contributed by atoms with Gasteiger partial charge in [-0.05, 0) is 24.0 Å². The molecule has 1 aliphatic carbocycles. The monoisotopic (exact) mass is 616 g/mol. The van der Waals surface area contributed by atoms with Crippen LogP contribution in [-0.4, -0.2) is 88.7 Å². The Hall–Kier alpha value is -3.64. The predicted octanol–water partition coefficient (Wildman–Crippen LogP) is 2.88. The lowest BCUT2D eigenvalue weighted by Gasteiger charge is -2.35. The van der Waals surface area contributed by atoms with Crippen LogP contribution < -0.4 is 10.6 Å². The van der Waals surface area contributed by atoms with E-state index in [1.807, 2.05) is 6.07 Å². The van der Waals surface area contributed by atoms with Gasteiger partial charge in [-0.3, -0.25) is 9.59 Å². The van der Waals surface area contributed by atoms with E-state index in [1.54, 1.807) is 39.0 Å². The van der Waals surface area contributed by atoms with Gasteiger partial charge in [0, 0.05) is 35.8 Å². The predicted molar refractivity (Wildman–Crippen MR) is 155 cm³/mol. The number of alkyl carbamates (subject to hydrolysis) is 1. The summed E-state index contributed by atoms with van der Waals surface area (Å²) in [5.74, 6) is -2.76. The Balaban J connectivity index is 1.40. The quantitative estimate of drug-likeness (QED) is 0.377. The molecule has 1 spiro atoms. The third-order valence-corrected chi connectivity index (χ3v) is 8.78. The molecule has 43 heavy (non-hydrogen) atoms. The van der Waals surface area contributed by atoms with E-state index in [0.29, 0.717) is 23.8 Å². The van der Waals surface area contributed by atoms with Crippen molar-refractivity contribution in [3.8, 4) is 0 Å². The molecule has 4 aliphatic rings. The van der Waals surface area contributed by atoms with Crippen LogP contribution in [0.25, 0.3) is 0 Å². The van der Waals surface area contributed by atoms with Gasteiger partial charge < -0.3 is 35.0 Å². The Kier molecular flexibility index (Phi) is 8.21. The normalized spacial score (nSPS) is 30.3. The number of rotatable bonds is 8. The molecule has 1 aromatic carbocycles. The highest BCUT2D eigenvalue weighted by Crippen LogP contribution is 2.46. The number of amides is 3. The van der Waals surface area contributed by atoms with Gasteiger partial charge in [-0.2, -0.15) is 0 Å². The van der Waals surface area contributed by atoms with Crippen LogP contribution in [0.1, 0.15) is 52.0 Å². The molecule has 3 fully saturated rings. The molecule has 3 aliphatic heterocycles. The molecule has 0 bridgehead atoms. The minimum Gasteiger partial charge on any atom is -0.479 e. The second kappa shape index (κ2) is 11.5. The van der Waals surface area contributed by atoms with Gasteiger partial charge in [-0.25, -0.2) is 9.59 Å². The van der Waals surface area contributed by atoms with Crippen molar-refractivity contribution in [2.75, 3.05) is 19.8 Å². The summed E-state index contributed by atoms with van der Waals surface area (Å²) in [5.41, 5.74) is -1.95. The smallest absolute Gasteiger partial charge is 0.408 e. The average Bonchev–Trinajstić information content (AvgIpc) is 3.30. The van der Waals surface area contributed by atoms with E-state index >= 15 is 0 Å². The molecule has 1 saturated carbocycles. The van der Waals surface area contributed by atoms with E-state index in [0.717, 1.165) is 5.56 Å². The van der Waals surface area contributed by atoms with Crippen LogP contribution in [0.4, 0.5) is 4.79 Å². The number of carbonyl (C=O) groups is 4. The maximum atomic E-state index is 14.3. The molecule has 3 heterocycles. The van der Waals surface area contributed by atoms with E-state index in [1.165, 1.54) is 11.0 Å². The minimum atomic E-state index is -1.49. The van der Waals surface area contributed by atoms with Gasteiger partial charge in [0.1, 0.15) is 23.7 Å². The van der Waals surface area contributed by atoms with Crippen molar-refractivity contribution in [3.63, 3.8) is 0 Å². The van der Waals surface area contributed by atoms with E-state index in [9.17, 15) is 24.3 Å². The van der Waals surface area contributed by atoms with Crippen LogP contribution >= 0.6 is 11.6 Å². The lowest BCUT2D eigenvalue weighted by molar-refractivity contribution is -0.146. The summed E-state index contributed by atoms with van der Waals surface area (Å²) in [5, 5.41) is 20.1. The number of halogens is 1. The van der Waals surface area contributed by atoms with Gasteiger partial charge in [0.2, 0.25) is 11.8 Å². The van der Waals surface area contributed by atoms with E-state index in [2.05, 4.69) is 22.4 Å². The SMILES string of the molecule is C=C[C@@H]1C[C@]1(NC(=O)[C@@H]1C[C@]2(CC(c3cccc(Cl)c3)=NO2)CN1C(=O)[C@@H](NC(=O)O[C@H]1CCOC1)C(C)(C)C)C(=O)O. The second-order valence-electron chi connectivity index (χ2n) is 12.8. The van der Waals surface area contributed by atoms with Gasteiger partial charge in [-0.1, -0.05) is 55.7 Å². The maximum Gasteiger partial charge on any atom is 0.408 e. The average molecular weight is 617 g/mol. The zero-order valence-electron chi connectivity index (χ0n) is 24.4. The molecule has 1 aromatic rings. The number of ether oxygens (including phenoxy) is 2. The number of aliphatic carboxylic acids is 1. The third-order valence-electron chi connectivity index (χ3n) is 8.55. The van der Waals surface area contributed by atoms with Crippen molar-refractivity contribution in [2.45, 2.75) is 75.8 Å². The van der Waals surface area contributed by atoms with Crippen molar-refractivity contribution >= 4 is 41.2 Å². The zero-order chi connectivity index (χ0) is 31.2. The first kappa shape index (κ1) is 30.8. The lowest BCUT2D eigenvalue weighted by Crippen LogP contribution is -2.59. The molecular weight excluding hydrogens is 580 g/mol. The number of nitrogens with zero attached hydrogens (tertiary/aromatic N) is 2. The Labute approximate surface area is 254 Å². The van der Waals surface area contributed by atoms with Crippen LogP contribution in [0.15, 0.2) is 42.1 Å². The molecule has 5 rings (SSSR count). The molecule has 13 heteroatoms. The van der Waals surface area contributed by atoms with Gasteiger partial charge >= 0.3 is 12.1 Å². The Morgan fingerprint density at radius 3 is 2.65 bits per heavy atom. The molecule has 6 atom stereocenters. The fourth-order valence-corrected chi connectivity index (χ4v) is 6.18. The number of hydrogen-bond donors (Lipinski definition) is 3. The third kappa shape index (κ3) is 6.21. The Bertz CT molecular complexity index is 1360. The van der Waals surface area contributed by atoms with Gasteiger partial charge in [0.25, 0.3) is 0 Å². The topological polar surface area (TPSA) is 156 Å². The molecule has 232 valence electrons. The van der Waals surface area contributed by atoms with Crippen LogP contribution in [0, 0.1) is 11.3 Å². The van der Waals surface area contributed by atoms with Gasteiger partial charge in [0.05, 0.1) is 25.5 Å². The molecule has 12 nitrogen and oxygen atoms in total. The fraction of sp³-hybridized carbons (Fsp3) is 0.567. The summed E-state index contributed by atoms with van der Waals surface area (Å²) in [4.78, 5) is 60.4. The van der Waals surface area contributed by atoms with Crippen molar-refractivity contribution in [1.29, 1.82) is 0 Å².